The first-order valence-electron chi connectivity index (χ1n) is 3.30. The first-order valence-corrected chi connectivity index (χ1v) is 3.30. The van der Waals surface area contributed by atoms with Gasteiger partial charge in [-0.3, -0.25) is 4.79 Å². The van der Waals surface area contributed by atoms with Crippen molar-refractivity contribution in [2.75, 3.05) is 0 Å². The second kappa shape index (κ2) is 5.27. The highest BCUT2D eigenvalue weighted by Crippen LogP contribution is 2.00. The molecule has 2 heteroatoms. The van der Waals surface area contributed by atoms with Crippen molar-refractivity contribution in [3.63, 3.8) is 0 Å². The van der Waals surface area contributed by atoms with E-state index in [1.54, 1.807) is 0 Å². The largest absolute Gasteiger partial charge is 0.463 e. The average molecular weight is 141 g/mol. The van der Waals surface area contributed by atoms with Crippen molar-refractivity contribution in [3.05, 3.63) is 19.3 Å². The lowest BCUT2D eigenvalue weighted by Crippen LogP contribution is -2.12. The molecule has 2 nitrogen and oxygen atoms in total. The Morgan fingerprint density at radius 3 is 2.60 bits per heavy atom. The molecule has 0 aliphatic carbocycles. The van der Waals surface area contributed by atoms with E-state index in [0.29, 0.717) is 0 Å². The highest BCUT2D eigenvalue weighted by Gasteiger charge is 2.03. The van der Waals surface area contributed by atoms with Gasteiger partial charge in [0.05, 0.1) is 0 Å². The van der Waals surface area contributed by atoms with Gasteiger partial charge in [-0.25, -0.2) is 0 Å². The van der Waals surface area contributed by atoms with Crippen LogP contribution in [0.25, 0.3) is 0 Å². The van der Waals surface area contributed by atoms with Gasteiger partial charge in [-0.15, -0.1) is 0 Å². The fraction of sp³-hybridized carbons (Fsp3) is 0.500. The van der Waals surface area contributed by atoms with Crippen LogP contribution in [0, 0.1) is 19.3 Å². The molecule has 1 atom stereocenters. The van der Waals surface area contributed by atoms with Crippen LogP contribution in [-0.4, -0.2) is 12.1 Å². The zero-order chi connectivity index (χ0) is 7.98. The standard InChI is InChI=1S/C8H13O2/c1-4-5-6-7(2)10-8(3)9/h4-7H,1-3H3. The molecular formula is C8H13O2. The molecule has 10 heavy (non-hydrogen) atoms. The predicted molar refractivity (Wildman–Crippen MR) is 39.8 cm³/mol. The molecule has 0 saturated carbocycles. The summed E-state index contributed by atoms with van der Waals surface area (Å²) in [4.78, 5) is 10.4. The van der Waals surface area contributed by atoms with E-state index in [4.69, 9.17) is 4.74 Å². The normalized spacial score (nSPS) is 12.7. The quantitative estimate of drug-likeness (QED) is 0.555. The van der Waals surface area contributed by atoms with Gasteiger partial charge in [0.2, 0.25) is 0 Å². The minimum atomic E-state index is -0.242. The zero-order valence-corrected chi connectivity index (χ0v) is 6.63. The average Bonchev–Trinajstić information content (AvgIpc) is 1.82. The molecule has 0 bridgehead atoms. The number of rotatable bonds is 4. The molecule has 0 saturated heterocycles. The van der Waals surface area contributed by atoms with Crippen molar-refractivity contribution in [1.82, 2.24) is 0 Å². The molecule has 0 amide bonds. The third kappa shape index (κ3) is 5.60. The number of carbonyl (C=O) groups excluding carboxylic acids is 1. The van der Waals surface area contributed by atoms with Crippen LogP contribution in [0.5, 0.6) is 0 Å². The Hall–Kier alpha value is -0.530. The van der Waals surface area contributed by atoms with E-state index in [1.807, 2.05) is 33.1 Å². The van der Waals surface area contributed by atoms with Gasteiger partial charge < -0.3 is 4.74 Å². The summed E-state index contributed by atoms with van der Waals surface area (Å²) < 4.78 is 4.81. The van der Waals surface area contributed by atoms with Crippen LogP contribution in [0.4, 0.5) is 0 Å². The summed E-state index contributed by atoms with van der Waals surface area (Å²) in [6.45, 7) is 5.14. The molecular weight excluding hydrogens is 128 g/mol. The van der Waals surface area contributed by atoms with Crippen molar-refractivity contribution in [2.24, 2.45) is 0 Å². The van der Waals surface area contributed by atoms with E-state index >= 15 is 0 Å². The lowest BCUT2D eigenvalue weighted by atomic mass is 10.2. The van der Waals surface area contributed by atoms with Crippen LogP contribution in [0.3, 0.4) is 0 Å². The second-order valence-corrected chi connectivity index (χ2v) is 2.03. The van der Waals surface area contributed by atoms with Gasteiger partial charge >= 0.3 is 5.97 Å². The van der Waals surface area contributed by atoms with Gasteiger partial charge in [0.1, 0.15) is 6.10 Å². The Bertz CT molecular complexity index is 99.4. The van der Waals surface area contributed by atoms with E-state index in [9.17, 15) is 4.79 Å². The number of carbonyl (C=O) groups is 1. The minimum absolute atomic E-state index is 0.117. The number of hydrogen-bond acceptors (Lipinski definition) is 2. The molecule has 0 N–H and O–H groups in total. The summed E-state index contributed by atoms with van der Waals surface area (Å²) in [5.41, 5.74) is 0. The third-order valence-corrected chi connectivity index (χ3v) is 0.926. The van der Waals surface area contributed by atoms with Crippen LogP contribution in [-0.2, 0) is 9.53 Å². The number of unbranched alkanes of at least 4 members (excludes halogenated alkanes) is 1. The summed E-state index contributed by atoms with van der Waals surface area (Å²) in [5, 5.41) is 0. The molecule has 0 heterocycles. The highest BCUT2D eigenvalue weighted by atomic mass is 16.5. The molecule has 0 aliphatic heterocycles. The summed E-state index contributed by atoms with van der Waals surface area (Å²) >= 11 is 0. The molecule has 0 aromatic carbocycles. The molecule has 0 aromatic rings. The smallest absolute Gasteiger partial charge is 0.302 e. The van der Waals surface area contributed by atoms with E-state index in [0.717, 1.165) is 0 Å². The molecule has 1 unspecified atom stereocenters. The van der Waals surface area contributed by atoms with Gasteiger partial charge in [0.15, 0.2) is 0 Å². The van der Waals surface area contributed by atoms with Crippen molar-refractivity contribution in [3.8, 4) is 0 Å². The zero-order valence-electron chi connectivity index (χ0n) is 6.63. The summed E-state index contributed by atoms with van der Waals surface area (Å²) in [7, 11) is 0. The monoisotopic (exact) mass is 141 g/mol. The molecule has 0 aromatic heterocycles. The van der Waals surface area contributed by atoms with E-state index in [-0.39, 0.29) is 12.1 Å². The maximum Gasteiger partial charge on any atom is 0.302 e. The van der Waals surface area contributed by atoms with Crippen LogP contribution in [0.2, 0.25) is 0 Å². The topological polar surface area (TPSA) is 26.3 Å². The first-order chi connectivity index (χ1) is 4.66. The number of esters is 1. The van der Waals surface area contributed by atoms with Crippen LogP contribution in [0.1, 0.15) is 20.8 Å². The SMILES string of the molecule is C[CH][CH][CH]C(C)OC(C)=O. The summed E-state index contributed by atoms with van der Waals surface area (Å²) in [6.07, 6.45) is 5.45. The fourth-order valence-electron chi connectivity index (χ4n) is 0.569. The van der Waals surface area contributed by atoms with E-state index < -0.39 is 0 Å². The van der Waals surface area contributed by atoms with Crippen molar-refractivity contribution in [2.45, 2.75) is 26.9 Å². The number of ether oxygens (including phenoxy) is 1. The third-order valence-electron chi connectivity index (χ3n) is 0.926. The molecule has 0 fully saturated rings. The first kappa shape index (κ1) is 9.47. The summed E-state index contributed by atoms with van der Waals surface area (Å²) in [6, 6.07) is 0. The summed E-state index contributed by atoms with van der Waals surface area (Å²) in [5.74, 6) is -0.242. The Kier molecular flexibility index (Phi) is 4.99. The lowest BCUT2D eigenvalue weighted by molar-refractivity contribution is -0.143. The Morgan fingerprint density at radius 1 is 1.60 bits per heavy atom. The maximum atomic E-state index is 10.4. The number of hydrogen-bond donors (Lipinski definition) is 0. The van der Waals surface area contributed by atoms with Crippen LogP contribution in [0.15, 0.2) is 0 Å². The molecule has 57 valence electrons. The van der Waals surface area contributed by atoms with Crippen molar-refractivity contribution >= 4 is 5.97 Å². The predicted octanol–water partition coefficient (Wildman–Crippen LogP) is 1.57. The van der Waals surface area contributed by atoms with Gasteiger partial charge in [0, 0.05) is 13.3 Å². The van der Waals surface area contributed by atoms with Gasteiger partial charge in [-0.05, 0) is 19.8 Å². The molecule has 0 rings (SSSR count). The Labute approximate surface area is 62.6 Å². The van der Waals surface area contributed by atoms with E-state index in [2.05, 4.69) is 0 Å². The Balaban J connectivity index is 3.25. The molecule has 0 spiro atoms. The van der Waals surface area contributed by atoms with Crippen molar-refractivity contribution in [1.29, 1.82) is 0 Å². The van der Waals surface area contributed by atoms with Crippen molar-refractivity contribution < 1.29 is 9.53 Å². The minimum Gasteiger partial charge on any atom is -0.463 e. The van der Waals surface area contributed by atoms with Crippen LogP contribution < -0.4 is 0 Å². The van der Waals surface area contributed by atoms with Gasteiger partial charge in [-0.1, -0.05) is 6.92 Å². The highest BCUT2D eigenvalue weighted by molar-refractivity contribution is 5.66. The Morgan fingerprint density at radius 2 is 2.20 bits per heavy atom. The van der Waals surface area contributed by atoms with E-state index in [1.165, 1.54) is 6.92 Å². The maximum absolute atomic E-state index is 10.4. The molecule has 3 radical (unpaired) electrons. The lowest BCUT2D eigenvalue weighted by Gasteiger charge is -2.09. The van der Waals surface area contributed by atoms with Gasteiger partial charge in [-0.2, -0.15) is 0 Å². The second-order valence-electron chi connectivity index (χ2n) is 2.03. The van der Waals surface area contributed by atoms with Crippen LogP contribution >= 0.6 is 0 Å². The fourth-order valence-corrected chi connectivity index (χ4v) is 0.569. The molecule has 0 aliphatic rings. The van der Waals surface area contributed by atoms with Gasteiger partial charge in [0.25, 0.3) is 0 Å².